The van der Waals surface area contributed by atoms with Gasteiger partial charge in [0.25, 0.3) is 0 Å². The number of likely N-dealkylation sites (N-methyl/N-ethyl adjacent to an activating group) is 1. The smallest absolute Gasteiger partial charge is 0.248 e. The first-order valence-corrected chi connectivity index (χ1v) is 12.6. The summed E-state index contributed by atoms with van der Waals surface area (Å²) in [7, 11) is 2.10. The van der Waals surface area contributed by atoms with Gasteiger partial charge in [0.15, 0.2) is 11.5 Å². The Hall–Kier alpha value is -3.72. The number of hydrogen-bond donors (Lipinski definition) is 1. The van der Waals surface area contributed by atoms with Gasteiger partial charge in [0.05, 0.1) is 17.1 Å². The maximum absolute atomic E-state index is 13.7. The quantitative estimate of drug-likeness (QED) is 0.540. The molecular weight excluding hydrogens is 454 g/mol. The van der Waals surface area contributed by atoms with Crippen LogP contribution in [-0.2, 0) is 9.59 Å². The highest BCUT2D eigenvalue weighted by Gasteiger charge is 2.39. The first kappa shape index (κ1) is 22.7. The number of nitrogens with zero attached hydrogens (tertiary/aromatic N) is 6. The first-order valence-electron chi connectivity index (χ1n) is 12.6. The number of nitrogens with one attached hydrogen (secondary N) is 1. The number of hydrogen-bond acceptors (Lipinski definition) is 6. The minimum absolute atomic E-state index is 0.000471. The lowest BCUT2D eigenvalue weighted by atomic mass is 10.2. The van der Waals surface area contributed by atoms with Crippen LogP contribution in [-0.4, -0.2) is 82.1 Å². The van der Waals surface area contributed by atoms with Gasteiger partial charge in [-0.15, -0.1) is 0 Å². The number of carbonyl (C=O) groups is 2. The second kappa shape index (κ2) is 9.05. The SMILES string of the molecule is Cc1ccc(N2CC(=O)N([C@@H]3CCN(C(=O)/C=C/CN(C)C4CC4)C3)c3n[nH]c4nccc2c34)cc1. The molecule has 0 bridgehead atoms. The predicted octanol–water partition coefficient (Wildman–Crippen LogP) is 3.00. The fourth-order valence-electron chi connectivity index (χ4n) is 5.31. The molecule has 2 aromatic heterocycles. The van der Waals surface area contributed by atoms with E-state index in [4.69, 9.17) is 0 Å². The summed E-state index contributed by atoms with van der Waals surface area (Å²) in [6.07, 6.45) is 8.57. The molecule has 1 aromatic carbocycles. The normalized spacial score (nSPS) is 20.2. The molecule has 0 unspecified atom stereocenters. The summed E-state index contributed by atoms with van der Waals surface area (Å²) < 4.78 is 0. The van der Waals surface area contributed by atoms with Crippen LogP contribution in [0.25, 0.3) is 11.0 Å². The van der Waals surface area contributed by atoms with Crippen LogP contribution in [0, 0.1) is 6.92 Å². The summed E-state index contributed by atoms with van der Waals surface area (Å²) in [5, 5.41) is 8.38. The van der Waals surface area contributed by atoms with Crippen molar-refractivity contribution in [3.8, 4) is 0 Å². The van der Waals surface area contributed by atoms with Crippen molar-refractivity contribution in [1.82, 2.24) is 25.0 Å². The number of likely N-dealkylation sites (tertiary alicyclic amines) is 1. The Bertz CT molecular complexity index is 1330. The van der Waals surface area contributed by atoms with E-state index in [1.165, 1.54) is 12.8 Å². The van der Waals surface area contributed by atoms with Crippen molar-refractivity contribution in [1.29, 1.82) is 0 Å². The molecule has 3 aromatic rings. The van der Waals surface area contributed by atoms with E-state index < -0.39 is 0 Å². The molecule has 1 N–H and O–H groups in total. The second-order valence-corrected chi connectivity index (χ2v) is 10.1. The molecule has 3 aliphatic rings. The zero-order valence-electron chi connectivity index (χ0n) is 20.7. The Morgan fingerprint density at radius 2 is 2.00 bits per heavy atom. The highest BCUT2D eigenvalue weighted by atomic mass is 16.2. The number of benzene rings is 1. The molecule has 1 saturated heterocycles. The molecule has 2 amide bonds. The molecule has 2 aliphatic heterocycles. The van der Waals surface area contributed by atoms with Crippen LogP contribution in [0.5, 0.6) is 0 Å². The van der Waals surface area contributed by atoms with Crippen molar-refractivity contribution in [3.05, 3.63) is 54.2 Å². The molecule has 1 saturated carbocycles. The van der Waals surface area contributed by atoms with Gasteiger partial charge in [-0.2, -0.15) is 5.10 Å². The van der Waals surface area contributed by atoms with Crippen LogP contribution in [0.2, 0.25) is 0 Å². The lowest BCUT2D eigenvalue weighted by Gasteiger charge is -2.28. The second-order valence-electron chi connectivity index (χ2n) is 10.1. The number of pyridine rings is 1. The van der Waals surface area contributed by atoms with E-state index in [1.807, 2.05) is 53.1 Å². The summed E-state index contributed by atoms with van der Waals surface area (Å²) in [4.78, 5) is 39.0. The van der Waals surface area contributed by atoms with E-state index in [-0.39, 0.29) is 24.4 Å². The minimum atomic E-state index is -0.137. The number of rotatable bonds is 6. The molecule has 0 spiro atoms. The zero-order chi connectivity index (χ0) is 24.8. The highest BCUT2D eigenvalue weighted by molar-refractivity contribution is 6.11. The summed E-state index contributed by atoms with van der Waals surface area (Å²) in [5.41, 5.74) is 3.65. The van der Waals surface area contributed by atoms with Crippen LogP contribution in [0.3, 0.4) is 0 Å². The lowest BCUT2D eigenvalue weighted by Crippen LogP contribution is -2.46. The zero-order valence-corrected chi connectivity index (χ0v) is 20.7. The summed E-state index contributed by atoms with van der Waals surface area (Å²) in [6, 6.07) is 10.6. The molecule has 4 heterocycles. The van der Waals surface area contributed by atoms with Gasteiger partial charge in [-0.25, -0.2) is 4.98 Å². The van der Waals surface area contributed by atoms with Crippen molar-refractivity contribution >= 4 is 40.0 Å². The van der Waals surface area contributed by atoms with Gasteiger partial charge < -0.3 is 9.80 Å². The minimum Gasteiger partial charge on any atom is -0.337 e. The monoisotopic (exact) mass is 485 g/mol. The number of anilines is 3. The van der Waals surface area contributed by atoms with Crippen molar-refractivity contribution in [2.75, 3.05) is 43.0 Å². The molecule has 0 radical (unpaired) electrons. The Kier molecular flexibility index (Phi) is 5.72. The molecular formula is C27H31N7O2. The van der Waals surface area contributed by atoms with Gasteiger partial charge in [0.2, 0.25) is 11.8 Å². The van der Waals surface area contributed by atoms with Crippen LogP contribution >= 0.6 is 0 Å². The molecule has 1 atom stereocenters. The van der Waals surface area contributed by atoms with Crippen molar-refractivity contribution in [3.63, 3.8) is 0 Å². The van der Waals surface area contributed by atoms with Gasteiger partial charge in [-0.3, -0.25) is 24.5 Å². The number of aromatic amines is 1. The third-order valence-electron chi connectivity index (χ3n) is 7.51. The molecule has 186 valence electrons. The maximum Gasteiger partial charge on any atom is 0.248 e. The van der Waals surface area contributed by atoms with Crippen molar-refractivity contribution < 1.29 is 9.59 Å². The highest BCUT2D eigenvalue weighted by Crippen LogP contribution is 2.40. The Morgan fingerprint density at radius 1 is 1.19 bits per heavy atom. The first-order chi connectivity index (χ1) is 17.5. The maximum atomic E-state index is 13.7. The van der Waals surface area contributed by atoms with Crippen LogP contribution < -0.4 is 9.80 Å². The number of H-pyrrole nitrogens is 1. The average Bonchev–Trinajstić information content (AvgIpc) is 3.51. The van der Waals surface area contributed by atoms with E-state index in [9.17, 15) is 9.59 Å². The van der Waals surface area contributed by atoms with Crippen molar-refractivity contribution in [2.24, 2.45) is 0 Å². The fourth-order valence-corrected chi connectivity index (χ4v) is 5.31. The molecule has 6 rings (SSSR count). The van der Waals surface area contributed by atoms with Crippen LogP contribution in [0.1, 0.15) is 24.8 Å². The predicted molar refractivity (Wildman–Crippen MR) is 139 cm³/mol. The Labute approximate surface area is 210 Å². The summed E-state index contributed by atoms with van der Waals surface area (Å²) >= 11 is 0. The number of aromatic nitrogens is 3. The molecule has 9 heteroatoms. The number of carbonyl (C=O) groups excluding carboxylic acids is 2. The summed E-state index contributed by atoms with van der Waals surface area (Å²) in [5.74, 6) is 0.550. The Morgan fingerprint density at radius 3 is 2.78 bits per heavy atom. The number of amides is 2. The average molecular weight is 486 g/mol. The third kappa shape index (κ3) is 4.13. The molecule has 1 aliphatic carbocycles. The van der Waals surface area contributed by atoms with Crippen LogP contribution in [0.4, 0.5) is 17.2 Å². The fraction of sp³-hybridized carbons (Fsp3) is 0.407. The van der Waals surface area contributed by atoms with Gasteiger partial charge >= 0.3 is 0 Å². The Balaban J connectivity index is 1.25. The summed E-state index contributed by atoms with van der Waals surface area (Å²) in [6.45, 7) is 4.12. The standard InChI is InChI=1S/C27H31N7O2/c1-18-5-7-20(8-6-18)33-17-24(36)34(27-25-22(33)11-13-28-26(25)29-30-27)21-12-15-32(16-21)23(35)4-3-14-31(2)19-9-10-19/h3-8,11,13,19,21H,9-10,12,14-17H2,1-2H3,(H,28,29,30)/b4-3+/t21-/m1/s1. The van der Waals surface area contributed by atoms with E-state index >= 15 is 0 Å². The van der Waals surface area contributed by atoms with E-state index in [0.717, 1.165) is 28.9 Å². The number of aryl methyl sites for hydroxylation is 1. The van der Waals surface area contributed by atoms with Gasteiger partial charge in [0, 0.05) is 43.6 Å². The van der Waals surface area contributed by atoms with Gasteiger partial charge in [-0.05, 0) is 51.4 Å². The van der Waals surface area contributed by atoms with Gasteiger partial charge in [0.1, 0.15) is 6.54 Å². The van der Waals surface area contributed by atoms with Crippen LogP contribution in [0.15, 0.2) is 48.7 Å². The molecule has 2 fully saturated rings. The van der Waals surface area contributed by atoms with E-state index in [0.29, 0.717) is 37.0 Å². The largest absolute Gasteiger partial charge is 0.337 e. The molecule has 9 nitrogen and oxygen atoms in total. The lowest BCUT2D eigenvalue weighted by molar-refractivity contribution is -0.125. The van der Waals surface area contributed by atoms with Gasteiger partial charge in [-0.1, -0.05) is 23.8 Å². The third-order valence-corrected chi connectivity index (χ3v) is 7.51. The van der Waals surface area contributed by atoms with E-state index in [2.05, 4.69) is 27.1 Å². The van der Waals surface area contributed by atoms with E-state index in [1.54, 1.807) is 17.2 Å². The molecule has 36 heavy (non-hydrogen) atoms. The topological polar surface area (TPSA) is 88.7 Å². The van der Waals surface area contributed by atoms with Crippen molar-refractivity contribution in [2.45, 2.75) is 38.3 Å².